The summed E-state index contributed by atoms with van der Waals surface area (Å²) in [6, 6.07) is 17.5. The summed E-state index contributed by atoms with van der Waals surface area (Å²) in [5, 5.41) is 13.4. The first-order chi connectivity index (χ1) is 9.70. The van der Waals surface area contributed by atoms with E-state index in [4.69, 9.17) is 0 Å². The first-order valence-electron chi connectivity index (χ1n) is 6.87. The molecule has 1 heterocycles. The van der Waals surface area contributed by atoms with Crippen molar-refractivity contribution < 1.29 is 9.90 Å². The standard InChI is InChI=1S/C17H17NO2/c19-16-17(20,14-10-4-5-11-15(14)18-16)12-6-9-13-7-2-1-3-8-13/h1-5,7-8,10-11,20H,6,9,12H2,(H,18,19). The molecule has 0 bridgehead atoms. The van der Waals surface area contributed by atoms with Crippen LogP contribution in [0.25, 0.3) is 0 Å². The highest BCUT2D eigenvalue weighted by molar-refractivity contribution is 6.04. The van der Waals surface area contributed by atoms with Crippen molar-refractivity contribution in [1.29, 1.82) is 0 Å². The van der Waals surface area contributed by atoms with E-state index in [-0.39, 0.29) is 5.91 Å². The summed E-state index contributed by atoms with van der Waals surface area (Å²) in [6.45, 7) is 0. The Balaban J connectivity index is 1.72. The van der Waals surface area contributed by atoms with Crippen LogP contribution in [-0.2, 0) is 16.8 Å². The van der Waals surface area contributed by atoms with Gasteiger partial charge in [0.25, 0.3) is 5.91 Å². The van der Waals surface area contributed by atoms with Crippen molar-refractivity contribution in [3.63, 3.8) is 0 Å². The molecule has 3 heteroatoms. The number of aryl methyl sites for hydroxylation is 1. The number of para-hydroxylation sites is 1. The van der Waals surface area contributed by atoms with Crippen molar-refractivity contribution in [1.82, 2.24) is 0 Å². The van der Waals surface area contributed by atoms with E-state index in [2.05, 4.69) is 17.4 Å². The van der Waals surface area contributed by atoms with Crippen molar-refractivity contribution in [3.8, 4) is 0 Å². The van der Waals surface area contributed by atoms with Gasteiger partial charge in [-0.1, -0.05) is 48.5 Å². The molecule has 0 spiro atoms. The van der Waals surface area contributed by atoms with E-state index in [0.717, 1.165) is 18.5 Å². The van der Waals surface area contributed by atoms with E-state index in [1.54, 1.807) is 0 Å². The van der Waals surface area contributed by atoms with Gasteiger partial charge in [-0.2, -0.15) is 0 Å². The van der Waals surface area contributed by atoms with E-state index >= 15 is 0 Å². The Morgan fingerprint density at radius 1 is 1.00 bits per heavy atom. The Morgan fingerprint density at radius 3 is 2.50 bits per heavy atom. The number of amides is 1. The number of fused-ring (bicyclic) bond motifs is 1. The second kappa shape index (κ2) is 5.10. The van der Waals surface area contributed by atoms with Gasteiger partial charge in [0, 0.05) is 11.3 Å². The van der Waals surface area contributed by atoms with Gasteiger partial charge in [0.1, 0.15) is 0 Å². The van der Waals surface area contributed by atoms with Gasteiger partial charge in [-0.25, -0.2) is 0 Å². The van der Waals surface area contributed by atoms with Gasteiger partial charge in [-0.15, -0.1) is 0 Å². The van der Waals surface area contributed by atoms with Crippen LogP contribution in [0, 0.1) is 0 Å². The molecule has 2 aromatic rings. The first kappa shape index (κ1) is 12.9. The van der Waals surface area contributed by atoms with Crippen molar-refractivity contribution in [2.45, 2.75) is 24.9 Å². The number of anilines is 1. The summed E-state index contributed by atoms with van der Waals surface area (Å²) in [7, 11) is 0. The molecule has 2 aromatic carbocycles. The molecule has 0 aliphatic carbocycles. The zero-order chi connectivity index (χ0) is 14.0. The van der Waals surface area contributed by atoms with E-state index < -0.39 is 5.60 Å². The van der Waals surface area contributed by atoms with Gasteiger partial charge in [0.05, 0.1) is 0 Å². The van der Waals surface area contributed by atoms with Crippen LogP contribution in [0.2, 0.25) is 0 Å². The molecule has 1 amide bonds. The van der Waals surface area contributed by atoms with Crippen LogP contribution in [0.3, 0.4) is 0 Å². The molecule has 0 saturated carbocycles. The molecule has 3 rings (SSSR count). The molecule has 0 saturated heterocycles. The summed E-state index contributed by atoms with van der Waals surface area (Å²) in [4.78, 5) is 12.0. The van der Waals surface area contributed by atoms with Gasteiger partial charge in [-0.3, -0.25) is 4.79 Å². The number of nitrogens with one attached hydrogen (secondary N) is 1. The van der Waals surface area contributed by atoms with Gasteiger partial charge in [-0.05, 0) is 30.9 Å². The number of carbonyl (C=O) groups excluding carboxylic acids is 1. The molecule has 0 fully saturated rings. The second-order valence-electron chi connectivity index (χ2n) is 5.20. The third kappa shape index (κ3) is 2.21. The molecule has 20 heavy (non-hydrogen) atoms. The van der Waals surface area contributed by atoms with E-state index in [1.165, 1.54) is 5.56 Å². The second-order valence-corrected chi connectivity index (χ2v) is 5.20. The number of hydrogen-bond acceptors (Lipinski definition) is 2. The van der Waals surface area contributed by atoms with E-state index in [1.807, 2.05) is 42.5 Å². The highest BCUT2D eigenvalue weighted by Crippen LogP contribution is 2.38. The maximum absolute atomic E-state index is 12.0. The van der Waals surface area contributed by atoms with Crippen LogP contribution in [0.1, 0.15) is 24.0 Å². The molecule has 0 aromatic heterocycles. The van der Waals surface area contributed by atoms with Crippen LogP contribution >= 0.6 is 0 Å². The molecule has 1 aliphatic heterocycles. The summed E-state index contributed by atoms with van der Waals surface area (Å²) in [5.74, 6) is -0.313. The summed E-state index contributed by atoms with van der Waals surface area (Å²) >= 11 is 0. The molecule has 3 nitrogen and oxygen atoms in total. The Labute approximate surface area is 118 Å². The largest absolute Gasteiger partial charge is 0.375 e. The average molecular weight is 267 g/mol. The minimum Gasteiger partial charge on any atom is -0.375 e. The molecule has 2 N–H and O–H groups in total. The Morgan fingerprint density at radius 2 is 1.70 bits per heavy atom. The molecule has 1 unspecified atom stereocenters. The highest BCUT2D eigenvalue weighted by atomic mass is 16.3. The number of benzene rings is 2. The monoisotopic (exact) mass is 267 g/mol. The SMILES string of the molecule is O=C1Nc2ccccc2C1(O)CCCc1ccccc1. The van der Waals surface area contributed by atoms with Gasteiger partial charge in [0.15, 0.2) is 5.60 Å². The van der Waals surface area contributed by atoms with Crippen molar-refractivity contribution >= 4 is 11.6 Å². The third-order valence-electron chi connectivity index (χ3n) is 3.84. The number of rotatable bonds is 4. The van der Waals surface area contributed by atoms with Crippen molar-refractivity contribution in [2.75, 3.05) is 5.32 Å². The topological polar surface area (TPSA) is 49.3 Å². The smallest absolute Gasteiger partial charge is 0.261 e. The lowest BCUT2D eigenvalue weighted by molar-refractivity contribution is -0.134. The molecule has 102 valence electrons. The summed E-state index contributed by atoms with van der Waals surface area (Å²) in [6.07, 6.45) is 2.06. The van der Waals surface area contributed by atoms with Crippen molar-refractivity contribution in [2.24, 2.45) is 0 Å². The van der Waals surface area contributed by atoms with Crippen LogP contribution < -0.4 is 5.32 Å². The minimum atomic E-state index is -1.38. The Kier molecular flexibility index (Phi) is 3.28. The fourth-order valence-electron chi connectivity index (χ4n) is 2.74. The lowest BCUT2D eigenvalue weighted by Crippen LogP contribution is -2.34. The van der Waals surface area contributed by atoms with Crippen LogP contribution in [0.5, 0.6) is 0 Å². The number of hydrogen-bond donors (Lipinski definition) is 2. The predicted molar refractivity (Wildman–Crippen MR) is 78.3 cm³/mol. The van der Waals surface area contributed by atoms with Crippen molar-refractivity contribution in [3.05, 3.63) is 65.7 Å². The third-order valence-corrected chi connectivity index (χ3v) is 3.84. The first-order valence-corrected chi connectivity index (χ1v) is 6.87. The zero-order valence-electron chi connectivity index (χ0n) is 11.2. The lowest BCUT2D eigenvalue weighted by atomic mass is 9.89. The number of carbonyl (C=O) groups is 1. The number of aliphatic hydroxyl groups is 1. The van der Waals surface area contributed by atoms with Crippen LogP contribution in [0.4, 0.5) is 5.69 Å². The average Bonchev–Trinajstić information content (AvgIpc) is 2.72. The zero-order valence-corrected chi connectivity index (χ0v) is 11.2. The maximum atomic E-state index is 12.0. The van der Waals surface area contributed by atoms with E-state index in [9.17, 15) is 9.90 Å². The molecule has 1 aliphatic rings. The summed E-state index contributed by atoms with van der Waals surface area (Å²) < 4.78 is 0. The van der Waals surface area contributed by atoms with Crippen LogP contribution in [0.15, 0.2) is 54.6 Å². The molecular weight excluding hydrogens is 250 g/mol. The highest BCUT2D eigenvalue weighted by Gasteiger charge is 2.44. The molecule has 1 atom stereocenters. The normalized spacial score (nSPS) is 20.6. The van der Waals surface area contributed by atoms with Crippen LogP contribution in [-0.4, -0.2) is 11.0 Å². The Hall–Kier alpha value is -2.13. The van der Waals surface area contributed by atoms with Gasteiger partial charge >= 0.3 is 0 Å². The quantitative estimate of drug-likeness (QED) is 0.895. The minimum absolute atomic E-state index is 0.313. The summed E-state index contributed by atoms with van der Waals surface area (Å²) in [5.41, 5.74) is 1.26. The van der Waals surface area contributed by atoms with E-state index in [0.29, 0.717) is 12.0 Å². The van der Waals surface area contributed by atoms with Gasteiger partial charge < -0.3 is 10.4 Å². The molecular formula is C17H17NO2. The molecule has 0 radical (unpaired) electrons. The Bertz CT molecular complexity index is 624. The fraction of sp³-hybridized carbons (Fsp3) is 0.235. The van der Waals surface area contributed by atoms with Gasteiger partial charge in [0.2, 0.25) is 0 Å². The predicted octanol–water partition coefficient (Wildman–Crippen LogP) is 2.85. The maximum Gasteiger partial charge on any atom is 0.261 e. The lowest BCUT2D eigenvalue weighted by Gasteiger charge is -2.20. The fourth-order valence-corrected chi connectivity index (χ4v) is 2.74.